The van der Waals surface area contributed by atoms with Crippen LogP contribution in [0.3, 0.4) is 0 Å². The molecule has 0 spiro atoms. The number of hydrogen-bond acceptors (Lipinski definition) is 4. The molecule has 0 bridgehead atoms. The van der Waals surface area contributed by atoms with Crippen molar-refractivity contribution in [1.82, 2.24) is 0 Å². The second-order valence-corrected chi connectivity index (χ2v) is 11.4. The summed E-state index contributed by atoms with van der Waals surface area (Å²) in [6.45, 7) is 9.38. The molecule has 6 nitrogen and oxygen atoms in total. The van der Waals surface area contributed by atoms with E-state index in [1.807, 2.05) is 20.8 Å². The van der Waals surface area contributed by atoms with E-state index >= 15 is 0 Å². The quantitative estimate of drug-likeness (QED) is 0.476. The van der Waals surface area contributed by atoms with Gasteiger partial charge >= 0.3 is 0 Å². The van der Waals surface area contributed by atoms with Crippen LogP contribution in [0.25, 0.3) is 0 Å². The molecule has 3 aromatic rings. The summed E-state index contributed by atoms with van der Waals surface area (Å²) < 4.78 is 56.6. The third kappa shape index (κ3) is 4.77. The van der Waals surface area contributed by atoms with Crippen LogP contribution in [0.15, 0.2) is 58.3 Å². The Hall–Kier alpha value is -2.55. The van der Waals surface area contributed by atoms with Gasteiger partial charge in [-0.3, -0.25) is 9.44 Å². The average molecular weight is 493 g/mol. The van der Waals surface area contributed by atoms with Crippen LogP contribution < -0.4 is 9.44 Å². The van der Waals surface area contributed by atoms with Gasteiger partial charge in [0.25, 0.3) is 20.0 Å². The fourth-order valence-corrected chi connectivity index (χ4v) is 6.35. The Labute approximate surface area is 194 Å². The highest BCUT2D eigenvalue weighted by atomic mass is 35.5. The summed E-state index contributed by atoms with van der Waals surface area (Å²) in [6.07, 6.45) is 0. The normalized spacial score (nSPS) is 11.9. The zero-order valence-electron chi connectivity index (χ0n) is 18.4. The molecule has 0 radical (unpaired) electrons. The van der Waals surface area contributed by atoms with Gasteiger partial charge in [0.15, 0.2) is 0 Å². The first-order chi connectivity index (χ1) is 14.8. The van der Waals surface area contributed by atoms with Gasteiger partial charge in [-0.25, -0.2) is 16.8 Å². The summed E-state index contributed by atoms with van der Waals surface area (Å²) in [5, 5.41) is 0.494. The van der Waals surface area contributed by atoms with Gasteiger partial charge in [0, 0.05) is 16.4 Å². The Kier molecular flexibility index (Phi) is 6.60. The van der Waals surface area contributed by atoms with E-state index in [9.17, 15) is 16.8 Å². The Balaban J connectivity index is 1.88. The van der Waals surface area contributed by atoms with Gasteiger partial charge in [-0.1, -0.05) is 11.6 Å². The van der Waals surface area contributed by atoms with E-state index in [0.29, 0.717) is 21.8 Å². The Bertz CT molecular complexity index is 1350. The molecule has 170 valence electrons. The van der Waals surface area contributed by atoms with Gasteiger partial charge < -0.3 is 0 Å². The highest BCUT2D eigenvalue weighted by Gasteiger charge is 2.24. The SMILES string of the molecule is Cc1c(C)c(C)c(S(=O)(=O)Nc2ccc(S(=O)(=O)Nc3ccc(Cl)cc3)cc2)c(C)c1C. The van der Waals surface area contributed by atoms with Crippen LogP contribution in [0.2, 0.25) is 5.02 Å². The maximum Gasteiger partial charge on any atom is 0.262 e. The summed E-state index contributed by atoms with van der Waals surface area (Å²) >= 11 is 5.83. The zero-order chi connectivity index (χ0) is 23.8. The van der Waals surface area contributed by atoms with Gasteiger partial charge in [-0.05, 0) is 111 Å². The summed E-state index contributed by atoms with van der Waals surface area (Å²) in [7, 11) is -7.70. The average Bonchev–Trinajstić information content (AvgIpc) is 2.72. The maximum atomic E-state index is 13.2. The lowest BCUT2D eigenvalue weighted by molar-refractivity contribution is 0.599. The van der Waals surface area contributed by atoms with Gasteiger partial charge in [0.2, 0.25) is 0 Å². The van der Waals surface area contributed by atoms with Crippen molar-refractivity contribution >= 4 is 43.0 Å². The van der Waals surface area contributed by atoms with Crippen molar-refractivity contribution in [3.05, 3.63) is 81.4 Å². The van der Waals surface area contributed by atoms with E-state index in [1.54, 1.807) is 38.1 Å². The Morgan fingerprint density at radius 1 is 0.562 bits per heavy atom. The van der Waals surface area contributed by atoms with Crippen LogP contribution in [0.1, 0.15) is 27.8 Å². The third-order valence-electron chi connectivity index (χ3n) is 5.71. The predicted molar refractivity (Wildman–Crippen MR) is 130 cm³/mol. The summed E-state index contributed by atoms with van der Waals surface area (Å²) in [4.78, 5) is 0.254. The molecule has 0 fully saturated rings. The summed E-state index contributed by atoms with van der Waals surface area (Å²) in [6, 6.07) is 11.8. The van der Waals surface area contributed by atoms with Crippen LogP contribution in [0.5, 0.6) is 0 Å². The zero-order valence-corrected chi connectivity index (χ0v) is 20.8. The van der Waals surface area contributed by atoms with Crippen molar-refractivity contribution in [2.45, 2.75) is 44.4 Å². The minimum atomic E-state index is -3.86. The smallest absolute Gasteiger partial charge is 0.262 e. The highest BCUT2D eigenvalue weighted by molar-refractivity contribution is 7.93. The van der Waals surface area contributed by atoms with Gasteiger partial charge in [0.05, 0.1) is 9.79 Å². The van der Waals surface area contributed by atoms with Gasteiger partial charge in [0.1, 0.15) is 0 Å². The molecule has 0 saturated carbocycles. The summed E-state index contributed by atoms with van der Waals surface area (Å²) in [5.74, 6) is 0. The van der Waals surface area contributed by atoms with E-state index in [-0.39, 0.29) is 15.5 Å². The monoisotopic (exact) mass is 492 g/mol. The molecule has 32 heavy (non-hydrogen) atoms. The number of hydrogen-bond donors (Lipinski definition) is 2. The Morgan fingerprint density at radius 2 is 0.938 bits per heavy atom. The lowest BCUT2D eigenvalue weighted by atomic mass is 9.95. The minimum Gasteiger partial charge on any atom is -0.280 e. The molecule has 0 amide bonds. The highest BCUT2D eigenvalue weighted by Crippen LogP contribution is 2.31. The van der Waals surface area contributed by atoms with E-state index in [0.717, 1.165) is 16.7 Å². The Morgan fingerprint density at radius 3 is 1.41 bits per heavy atom. The van der Waals surface area contributed by atoms with Crippen molar-refractivity contribution in [1.29, 1.82) is 0 Å². The predicted octanol–water partition coefficient (Wildman–Crippen LogP) is 5.48. The third-order valence-corrected chi connectivity index (χ3v) is 9.02. The first-order valence-electron chi connectivity index (χ1n) is 9.81. The van der Waals surface area contributed by atoms with E-state index in [1.165, 1.54) is 24.3 Å². The van der Waals surface area contributed by atoms with Crippen LogP contribution >= 0.6 is 11.6 Å². The first-order valence-corrected chi connectivity index (χ1v) is 13.2. The van der Waals surface area contributed by atoms with Gasteiger partial charge in [-0.2, -0.15) is 0 Å². The maximum absolute atomic E-state index is 13.2. The number of anilines is 2. The van der Waals surface area contributed by atoms with E-state index in [4.69, 9.17) is 11.6 Å². The van der Waals surface area contributed by atoms with Crippen molar-refractivity contribution in [2.75, 3.05) is 9.44 Å². The molecular formula is C23H25ClN2O4S2. The molecule has 3 aromatic carbocycles. The molecule has 0 aliphatic rings. The number of sulfonamides is 2. The number of halogens is 1. The molecule has 9 heteroatoms. The van der Waals surface area contributed by atoms with Crippen LogP contribution in [0.4, 0.5) is 11.4 Å². The molecule has 0 atom stereocenters. The second-order valence-electron chi connectivity index (χ2n) is 7.70. The van der Waals surface area contributed by atoms with Crippen molar-refractivity contribution < 1.29 is 16.8 Å². The second kappa shape index (κ2) is 8.77. The van der Waals surface area contributed by atoms with Crippen molar-refractivity contribution in [2.24, 2.45) is 0 Å². The largest absolute Gasteiger partial charge is 0.280 e. The first kappa shape index (κ1) is 24.1. The molecule has 0 aromatic heterocycles. The lowest BCUT2D eigenvalue weighted by Crippen LogP contribution is -2.18. The topological polar surface area (TPSA) is 92.3 Å². The number of nitrogens with one attached hydrogen (secondary N) is 2. The van der Waals surface area contributed by atoms with Crippen LogP contribution in [-0.4, -0.2) is 16.8 Å². The van der Waals surface area contributed by atoms with Gasteiger partial charge in [-0.15, -0.1) is 0 Å². The molecule has 0 aliphatic carbocycles. The molecule has 0 saturated heterocycles. The van der Waals surface area contributed by atoms with Crippen LogP contribution in [-0.2, 0) is 20.0 Å². The van der Waals surface area contributed by atoms with Crippen molar-refractivity contribution in [3.8, 4) is 0 Å². The lowest BCUT2D eigenvalue weighted by Gasteiger charge is -2.19. The fourth-order valence-electron chi connectivity index (χ4n) is 3.51. The molecule has 2 N–H and O–H groups in total. The van der Waals surface area contributed by atoms with Crippen LogP contribution in [0, 0.1) is 34.6 Å². The fraction of sp³-hybridized carbons (Fsp3) is 0.217. The molecule has 0 heterocycles. The molecule has 0 aliphatic heterocycles. The number of rotatable bonds is 6. The van der Waals surface area contributed by atoms with E-state index < -0.39 is 20.0 Å². The standard InChI is InChI=1S/C23H25ClN2O4S2/c1-14-15(2)17(4)23(18(5)16(14)3)32(29,30)26-21-10-12-22(13-11-21)31(27,28)25-20-8-6-19(24)7-9-20/h6-13,25-26H,1-5H3. The van der Waals surface area contributed by atoms with Crippen molar-refractivity contribution in [3.63, 3.8) is 0 Å². The molecule has 0 unspecified atom stereocenters. The minimum absolute atomic E-state index is 0.00443. The molecular weight excluding hydrogens is 468 g/mol. The summed E-state index contributed by atoms with van der Waals surface area (Å²) in [5.41, 5.74) is 4.97. The van der Waals surface area contributed by atoms with E-state index in [2.05, 4.69) is 9.44 Å². The number of benzene rings is 3. The molecule has 3 rings (SSSR count).